The van der Waals surface area contributed by atoms with Crippen molar-refractivity contribution in [2.24, 2.45) is 0 Å². The summed E-state index contributed by atoms with van der Waals surface area (Å²) in [4.78, 5) is 10.4. The van der Waals surface area contributed by atoms with Crippen molar-refractivity contribution in [3.05, 3.63) is 188 Å². The van der Waals surface area contributed by atoms with Crippen LogP contribution in [0.15, 0.2) is 188 Å². The zero-order valence-electron chi connectivity index (χ0n) is 30.9. The summed E-state index contributed by atoms with van der Waals surface area (Å²) in [5.74, 6) is 1.00. The first-order valence-corrected chi connectivity index (χ1v) is 19.3. The highest BCUT2D eigenvalue weighted by Crippen LogP contribution is 2.42. The Kier molecular flexibility index (Phi) is 7.42. The number of aryl methyl sites for hydroxylation is 1. The lowest BCUT2D eigenvalue weighted by Gasteiger charge is -2.15. The van der Waals surface area contributed by atoms with E-state index in [2.05, 4.69) is 204 Å². The smallest absolute Gasteiger partial charge is 0.141 e. The van der Waals surface area contributed by atoms with Crippen LogP contribution in [0, 0.1) is 0 Å². The SMILES string of the molecule is CCn1c(-c2ccc(-c3ccc(-c4cccc5nc(-c6ccccc6)c6cc7c(cc6c45)c4ccccc4n7-c4ccccc4)cc3)cc2)nc2ccccc21. The topological polar surface area (TPSA) is 35.6 Å². The molecule has 3 aromatic heterocycles. The summed E-state index contributed by atoms with van der Waals surface area (Å²) in [5, 5.41) is 5.96. The van der Waals surface area contributed by atoms with Crippen LogP contribution in [0.3, 0.4) is 0 Å². The predicted octanol–water partition coefficient (Wildman–Crippen LogP) is 13.5. The zero-order valence-corrected chi connectivity index (χ0v) is 30.9. The molecule has 0 amide bonds. The van der Waals surface area contributed by atoms with Crippen LogP contribution in [-0.4, -0.2) is 19.1 Å². The van der Waals surface area contributed by atoms with Gasteiger partial charge in [-0.15, -0.1) is 0 Å². The summed E-state index contributed by atoms with van der Waals surface area (Å²) < 4.78 is 4.68. The molecule has 0 atom stereocenters. The number of aromatic nitrogens is 4. The second-order valence-corrected chi connectivity index (χ2v) is 14.5. The Morgan fingerprint density at radius 1 is 0.411 bits per heavy atom. The van der Waals surface area contributed by atoms with Crippen molar-refractivity contribution in [2.75, 3.05) is 0 Å². The van der Waals surface area contributed by atoms with Crippen LogP contribution in [0.5, 0.6) is 0 Å². The van der Waals surface area contributed by atoms with Crippen molar-refractivity contribution >= 4 is 54.5 Å². The highest BCUT2D eigenvalue weighted by Gasteiger charge is 2.19. The number of pyridine rings is 1. The molecular formula is C52H36N4. The maximum atomic E-state index is 5.43. The highest BCUT2D eigenvalue weighted by molar-refractivity contribution is 6.22. The van der Waals surface area contributed by atoms with Crippen LogP contribution < -0.4 is 0 Å². The molecule has 4 nitrogen and oxygen atoms in total. The maximum absolute atomic E-state index is 5.43. The van der Waals surface area contributed by atoms with Crippen molar-refractivity contribution in [1.82, 2.24) is 19.1 Å². The summed E-state index contributed by atoms with van der Waals surface area (Å²) in [5.41, 5.74) is 14.6. The highest BCUT2D eigenvalue weighted by atomic mass is 15.1. The largest absolute Gasteiger partial charge is 0.324 e. The molecule has 56 heavy (non-hydrogen) atoms. The van der Waals surface area contributed by atoms with E-state index in [-0.39, 0.29) is 0 Å². The molecule has 11 aromatic rings. The van der Waals surface area contributed by atoms with Gasteiger partial charge in [-0.3, -0.25) is 0 Å². The van der Waals surface area contributed by atoms with E-state index in [4.69, 9.17) is 9.97 Å². The summed E-state index contributed by atoms with van der Waals surface area (Å²) in [6, 6.07) is 67.5. The van der Waals surface area contributed by atoms with E-state index in [1.165, 1.54) is 49.4 Å². The number of hydrogen-bond donors (Lipinski definition) is 0. The first kappa shape index (κ1) is 32.2. The second-order valence-electron chi connectivity index (χ2n) is 14.5. The summed E-state index contributed by atoms with van der Waals surface area (Å²) in [6.07, 6.45) is 0. The third-order valence-electron chi connectivity index (χ3n) is 11.3. The quantitative estimate of drug-likeness (QED) is 0.161. The molecule has 0 unspecified atom stereocenters. The molecule has 0 aliphatic heterocycles. The molecule has 0 saturated heterocycles. The molecule has 0 radical (unpaired) electrons. The Labute approximate surface area is 324 Å². The molecule has 0 aliphatic rings. The number of imidazole rings is 1. The van der Waals surface area contributed by atoms with Gasteiger partial charge in [0.15, 0.2) is 0 Å². The predicted molar refractivity (Wildman–Crippen MR) is 234 cm³/mol. The third-order valence-corrected chi connectivity index (χ3v) is 11.3. The van der Waals surface area contributed by atoms with Crippen LogP contribution in [-0.2, 0) is 6.54 Å². The lowest BCUT2D eigenvalue weighted by molar-refractivity contribution is 0.796. The Hall–Kier alpha value is -7.30. The Morgan fingerprint density at radius 2 is 1.04 bits per heavy atom. The Bertz CT molecular complexity index is 3250. The van der Waals surface area contributed by atoms with Gasteiger partial charge in [0.1, 0.15) is 5.82 Å². The van der Waals surface area contributed by atoms with E-state index in [9.17, 15) is 0 Å². The van der Waals surface area contributed by atoms with Gasteiger partial charge >= 0.3 is 0 Å². The molecule has 3 heterocycles. The van der Waals surface area contributed by atoms with E-state index in [0.29, 0.717) is 0 Å². The maximum Gasteiger partial charge on any atom is 0.141 e. The van der Waals surface area contributed by atoms with Crippen molar-refractivity contribution in [1.29, 1.82) is 0 Å². The molecule has 0 N–H and O–H groups in total. The third kappa shape index (κ3) is 5.07. The number of fused-ring (bicyclic) bond motifs is 7. The molecule has 0 spiro atoms. The Morgan fingerprint density at radius 3 is 1.79 bits per heavy atom. The molecule has 0 fully saturated rings. The summed E-state index contributed by atoms with van der Waals surface area (Å²) >= 11 is 0. The monoisotopic (exact) mass is 716 g/mol. The number of nitrogens with zero attached hydrogens (tertiary/aromatic N) is 4. The minimum absolute atomic E-state index is 0.869. The lowest BCUT2D eigenvalue weighted by Crippen LogP contribution is -1.97. The van der Waals surface area contributed by atoms with Gasteiger partial charge in [0.25, 0.3) is 0 Å². The molecule has 11 rings (SSSR count). The van der Waals surface area contributed by atoms with Gasteiger partial charge in [0.2, 0.25) is 0 Å². The van der Waals surface area contributed by atoms with Crippen molar-refractivity contribution < 1.29 is 0 Å². The van der Waals surface area contributed by atoms with Gasteiger partial charge in [-0.1, -0.05) is 140 Å². The minimum atomic E-state index is 0.869. The van der Waals surface area contributed by atoms with Gasteiger partial charge in [0, 0.05) is 44.9 Å². The van der Waals surface area contributed by atoms with Crippen molar-refractivity contribution in [3.63, 3.8) is 0 Å². The van der Waals surface area contributed by atoms with E-state index in [1.54, 1.807) is 0 Å². The molecule has 0 saturated carbocycles. The minimum Gasteiger partial charge on any atom is -0.324 e. The first-order valence-electron chi connectivity index (χ1n) is 19.3. The van der Waals surface area contributed by atoms with E-state index in [0.717, 1.165) is 62.2 Å². The van der Waals surface area contributed by atoms with Gasteiger partial charge in [-0.25, -0.2) is 9.97 Å². The average molecular weight is 717 g/mol. The molecule has 4 heteroatoms. The van der Waals surface area contributed by atoms with E-state index >= 15 is 0 Å². The number of para-hydroxylation sites is 4. The van der Waals surface area contributed by atoms with Gasteiger partial charge < -0.3 is 9.13 Å². The molecule has 0 bridgehead atoms. The standard InChI is InChI=1S/C52H36N4/c1-2-55-48-23-12-10-20-45(48)54-52(55)38-30-26-35(27-31-38)34-24-28-36(29-25-34)40-19-13-21-46-50(40)43-32-42-41-18-9-11-22-47(41)56(39-16-7-4-8-17-39)49(42)33-44(43)51(53-46)37-14-5-3-6-15-37/h3-33H,2H2,1H3. The average Bonchev–Trinajstić information content (AvgIpc) is 3.81. The van der Waals surface area contributed by atoms with Crippen LogP contribution in [0.25, 0.3) is 105 Å². The summed E-state index contributed by atoms with van der Waals surface area (Å²) in [7, 11) is 0. The van der Waals surface area contributed by atoms with Gasteiger partial charge in [-0.2, -0.15) is 0 Å². The number of hydrogen-bond acceptors (Lipinski definition) is 2. The molecule has 264 valence electrons. The zero-order chi connectivity index (χ0) is 37.2. The Balaban J connectivity index is 1.07. The van der Waals surface area contributed by atoms with Crippen LogP contribution in [0.4, 0.5) is 0 Å². The normalized spacial score (nSPS) is 11.7. The number of rotatable bonds is 6. The van der Waals surface area contributed by atoms with Crippen molar-refractivity contribution in [3.8, 4) is 50.6 Å². The fourth-order valence-electron chi connectivity index (χ4n) is 8.70. The molecule has 0 aliphatic carbocycles. The van der Waals surface area contributed by atoms with Gasteiger partial charge in [-0.05, 0) is 83.1 Å². The fourth-order valence-corrected chi connectivity index (χ4v) is 8.70. The second kappa shape index (κ2) is 12.9. The first-order chi connectivity index (χ1) is 27.7. The van der Waals surface area contributed by atoms with Crippen LogP contribution in [0.1, 0.15) is 6.92 Å². The fraction of sp³-hybridized carbons (Fsp3) is 0.0385. The summed E-state index contributed by atoms with van der Waals surface area (Å²) in [6.45, 7) is 3.04. The van der Waals surface area contributed by atoms with Crippen molar-refractivity contribution in [2.45, 2.75) is 13.5 Å². The molecule has 8 aromatic carbocycles. The number of benzene rings is 8. The molecular weight excluding hydrogens is 681 g/mol. The van der Waals surface area contributed by atoms with E-state index < -0.39 is 0 Å². The van der Waals surface area contributed by atoms with Crippen LogP contribution >= 0.6 is 0 Å². The van der Waals surface area contributed by atoms with E-state index in [1.807, 2.05) is 0 Å². The van der Waals surface area contributed by atoms with Crippen LogP contribution in [0.2, 0.25) is 0 Å². The van der Waals surface area contributed by atoms with Gasteiger partial charge in [0.05, 0.1) is 33.3 Å². The lowest BCUT2D eigenvalue weighted by atomic mass is 9.92.